The molecule has 116 valence electrons. The van der Waals surface area contributed by atoms with E-state index in [0.29, 0.717) is 11.6 Å². The van der Waals surface area contributed by atoms with Gasteiger partial charge in [0, 0.05) is 37.0 Å². The fourth-order valence-electron chi connectivity index (χ4n) is 2.05. The molecule has 0 bridgehead atoms. The Bertz CT molecular complexity index is 643. The first-order valence-electron chi connectivity index (χ1n) is 7.11. The van der Waals surface area contributed by atoms with Crippen molar-refractivity contribution < 1.29 is 4.79 Å². The Kier molecular flexibility index (Phi) is 5.67. The van der Waals surface area contributed by atoms with Crippen LogP contribution in [0.1, 0.15) is 5.56 Å². The van der Waals surface area contributed by atoms with Crippen molar-refractivity contribution in [2.75, 3.05) is 30.9 Å². The van der Waals surface area contributed by atoms with E-state index in [1.54, 1.807) is 0 Å². The highest BCUT2D eigenvalue weighted by molar-refractivity contribution is 6.30. The summed E-state index contributed by atoms with van der Waals surface area (Å²) < 4.78 is 0. The monoisotopic (exact) mass is 317 g/mol. The van der Waals surface area contributed by atoms with E-state index >= 15 is 0 Å². The number of urea groups is 1. The number of nitrogens with one attached hydrogen (secondary N) is 2. The van der Waals surface area contributed by atoms with Crippen LogP contribution in [0.15, 0.2) is 48.5 Å². The maximum Gasteiger partial charge on any atom is 0.319 e. The summed E-state index contributed by atoms with van der Waals surface area (Å²) in [5, 5.41) is 6.38. The largest absolute Gasteiger partial charge is 0.378 e. The summed E-state index contributed by atoms with van der Waals surface area (Å²) >= 11 is 5.93. The number of carbonyl (C=O) groups excluding carboxylic acids is 1. The van der Waals surface area contributed by atoms with Crippen molar-refractivity contribution in [3.63, 3.8) is 0 Å². The maximum absolute atomic E-state index is 11.9. The molecule has 2 aromatic rings. The molecule has 2 amide bonds. The number of hydrogen-bond acceptors (Lipinski definition) is 2. The van der Waals surface area contributed by atoms with Gasteiger partial charge >= 0.3 is 6.03 Å². The molecule has 0 aliphatic heterocycles. The Morgan fingerprint density at radius 3 is 2.64 bits per heavy atom. The van der Waals surface area contributed by atoms with Crippen LogP contribution < -0.4 is 15.5 Å². The van der Waals surface area contributed by atoms with Crippen molar-refractivity contribution in [2.24, 2.45) is 0 Å². The molecule has 2 N–H and O–H groups in total. The summed E-state index contributed by atoms with van der Waals surface area (Å²) in [6, 6.07) is 15.1. The van der Waals surface area contributed by atoms with Gasteiger partial charge in [0.25, 0.3) is 0 Å². The average molecular weight is 318 g/mol. The van der Waals surface area contributed by atoms with Crippen molar-refractivity contribution in [1.82, 2.24) is 5.32 Å². The highest BCUT2D eigenvalue weighted by Gasteiger charge is 2.03. The van der Waals surface area contributed by atoms with Crippen LogP contribution in [-0.4, -0.2) is 26.7 Å². The molecule has 0 heterocycles. The van der Waals surface area contributed by atoms with Gasteiger partial charge in [-0.3, -0.25) is 0 Å². The minimum absolute atomic E-state index is 0.210. The minimum atomic E-state index is -0.210. The number of anilines is 2. The van der Waals surface area contributed by atoms with Crippen LogP contribution >= 0.6 is 11.6 Å². The number of nitrogens with zero attached hydrogens (tertiary/aromatic N) is 1. The molecule has 0 atom stereocenters. The Morgan fingerprint density at radius 2 is 1.91 bits per heavy atom. The van der Waals surface area contributed by atoms with E-state index in [1.165, 1.54) is 0 Å². The van der Waals surface area contributed by atoms with E-state index in [2.05, 4.69) is 10.6 Å². The zero-order chi connectivity index (χ0) is 15.9. The van der Waals surface area contributed by atoms with Gasteiger partial charge in [-0.25, -0.2) is 4.79 Å². The Morgan fingerprint density at radius 1 is 1.14 bits per heavy atom. The molecule has 2 aromatic carbocycles. The third-order valence-corrected chi connectivity index (χ3v) is 3.44. The minimum Gasteiger partial charge on any atom is -0.378 e. The van der Waals surface area contributed by atoms with Crippen molar-refractivity contribution in [3.05, 3.63) is 59.1 Å². The highest BCUT2D eigenvalue weighted by atomic mass is 35.5. The standard InChI is InChI=1S/C17H20ClN3O/c1-21(2)16-8-4-7-15(12-16)20-17(22)19-10-9-13-5-3-6-14(18)11-13/h3-8,11-12H,9-10H2,1-2H3,(H2,19,20,22). The van der Waals surface area contributed by atoms with Gasteiger partial charge in [-0.05, 0) is 42.3 Å². The molecule has 4 nitrogen and oxygen atoms in total. The molecular weight excluding hydrogens is 298 g/mol. The molecule has 2 rings (SSSR count). The lowest BCUT2D eigenvalue weighted by Crippen LogP contribution is -2.30. The zero-order valence-corrected chi connectivity index (χ0v) is 13.5. The quantitative estimate of drug-likeness (QED) is 0.881. The molecule has 5 heteroatoms. The molecule has 0 aliphatic rings. The molecule has 0 fully saturated rings. The van der Waals surface area contributed by atoms with Crippen LogP contribution in [0.25, 0.3) is 0 Å². The third kappa shape index (κ3) is 4.97. The van der Waals surface area contributed by atoms with Crippen LogP contribution in [-0.2, 0) is 6.42 Å². The Balaban J connectivity index is 1.82. The van der Waals surface area contributed by atoms with Gasteiger partial charge in [-0.2, -0.15) is 0 Å². The van der Waals surface area contributed by atoms with E-state index < -0.39 is 0 Å². The number of hydrogen-bond donors (Lipinski definition) is 2. The lowest BCUT2D eigenvalue weighted by Gasteiger charge is -2.14. The molecule has 0 saturated carbocycles. The molecule has 0 radical (unpaired) electrons. The second kappa shape index (κ2) is 7.71. The molecule has 0 unspecified atom stereocenters. The van der Waals surface area contributed by atoms with Crippen LogP contribution in [0.2, 0.25) is 5.02 Å². The van der Waals surface area contributed by atoms with E-state index in [0.717, 1.165) is 23.4 Å². The van der Waals surface area contributed by atoms with Crippen molar-refractivity contribution in [2.45, 2.75) is 6.42 Å². The fourth-order valence-corrected chi connectivity index (χ4v) is 2.26. The topological polar surface area (TPSA) is 44.4 Å². The summed E-state index contributed by atoms with van der Waals surface area (Å²) in [7, 11) is 3.92. The number of rotatable bonds is 5. The molecular formula is C17H20ClN3O. The van der Waals surface area contributed by atoms with Gasteiger partial charge in [-0.15, -0.1) is 0 Å². The van der Waals surface area contributed by atoms with E-state index in [-0.39, 0.29) is 6.03 Å². The maximum atomic E-state index is 11.9. The number of carbonyl (C=O) groups is 1. The predicted molar refractivity (Wildman–Crippen MR) is 92.9 cm³/mol. The average Bonchev–Trinajstić information content (AvgIpc) is 2.47. The van der Waals surface area contributed by atoms with Crippen LogP contribution in [0.3, 0.4) is 0 Å². The summed E-state index contributed by atoms with van der Waals surface area (Å²) in [6.45, 7) is 0.555. The van der Waals surface area contributed by atoms with Crippen LogP contribution in [0.5, 0.6) is 0 Å². The third-order valence-electron chi connectivity index (χ3n) is 3.21. The fraction of sp³-hybridized carbons (Fsp3) is 0.235. The van der Waals surface area contributed by atoms with Crippen molar-refractivity contribution in [1.29, 1.82) is 0 Å². The summed E-state index contributed by atoms with van der Waals surface area (Å²) in [6.07, 6.45) is 0.742. The first-order chi connectivity index (χ1) is 10.5. The lowest BCUT2D eigenvalue weighted by molar-refractivity contribution is 0.252. The zero-order valence-electron chi connectivity index (χ0n) is 12.8. The summed E-state index contributed by atoms with van der Waals surface area (Å²) in [5.41, 5.74) is 2.91. The number of halogens is 1. The van der Waals surface area contributed by atoms with Gasteiger partial charge < -0.3 is 15.5 Å². The Hall–Kier alpha value is -2.20. The molecule has 0 spiro atoms. The van der Waals surface area contributed by atoms with E-state index in [1.807, 2.05) is 67.5 Å². The molecule has 0 saturated heterocycles. The molecule has 0 aromatic heterocycles. The Labute approximate surface area is 136 Å². The smallest absolute Gasteiger partial charge is 0.319 e. The number of benzene rings is 2. The first-order valence-corrected chi connectivity index (χ1v) is 7.49. The second-order valence-electron chi connectivity index (χ2n) is 5.21. The molecule has 0 aliphatic carbocycles. The number of amides is 2. The second-order valence-corrected chi connectivity index (χ2v) is 5.64. The van der Waals surface area contributed by atoms with Gasteiger partial charge in [0.15, 0.2) is 0 Å². The van der Waals surface area contributed by atoms with E-state index in [9.17, 15) is 4.79 Å². The highest BCUT2D eigenvalue weighted by Crippen LogP contribution is 2.17. The SMILES string of the molecule is CN(C)c1cccc(NC(=O)NCCc2cccc(Cl)c2)c1. The normalized spacial score (nSPS) is 10.1. The summed E-state index contributed by atoms with van der Waals surface area (Å²) in [5.74, 6) is 0. The van der Waals surface area contributed by atoms with Gasteiger partial charge in [0.1, 0.15) is 0 Å². The van der Waals surface area contributed by atoms with E-state index in [4.69, 9.17) is 11.6 Å². The van der Waals surface area contributed by atoms with Crippen LogP contribution in [0.4, 0.5) is 16.2 Å². The van der Waals surface area contributed by atoms with Gasteiger partial charge in [0.2, 0.25) is 0 Å². The van der Waals surface area contributed by atoms with Gasteiger partial charge in [-0.1, -0.05) is 29.8 Å². The first kappa shape index (κ1) is 16.2. The van der Waals surface area contributed by atoms with Gasteiger partial charge in [0.05, 0.1) is 0 Å². The summed E-state index contributed by atoms with van der Waals surface area (Å²) in [4.78, 5) is 13.9. The van der Waals surface area contributed by atoms with Crippen molar-refractivity contribution in [3.8, 4) is 0 Å². The lowest BCUT2D eigenvalue weighted by atomic mass is 10.1. The van der Waals surface area contributed by atoms with Crippen LogP contribution in [0, 0.1) is 0 Å². The predicted octanol–water partition coefficient (Wildman–Crippen LogP) is 3.77. The van der Waals surface area contributed by atoms with Crippen molar-refractivity contribution >= 4 is 29.0 Å². The molecule has 22 heavy (non-hydrogen) atoms.